The molecule has 10 heteroatoms. The van der Waals surface area contributed by atoms with Crippen LogP contribution in [0.3, 0.4) is 0 Å². The summed E-state index contributed by atoms with van der Waals surface area (Å²) < 4.78 is 30.0. The van der Waals surface area contributed by atoms with E-state index in [-0.39, 0.29) is 24.0 Å². The summed E-state index contributed by atoms with van der Waals surface area (Å²) in [7, 11) is -1.45. The molecule has 1 fully saturated rings. The summed E-state index contributed by atoms with van der Waals surface area (Å²) in [5.41, 5.74) is 1.17. The van der Waals surface area contributed by atoms with Crippen molar-refractivity contribution in [2.24, 2.45) is 4.99 Å². The van der Waals surface area contributed by atoms with Crippen LogP contribution < -0.4 is 19.7 Å². The number of nitrogens with one attached hydrogen (secondary N) is 2. The van der Waals surface area contributed by atoms with Gasteiger partial charge in [0.25, 0.3) is 0 Å². The number of ether oxygens (including phenoxy) is 1. The van der Waals surface area contributed by atoms with Crippen molar-refractivity contribution in [1.29, 1.82) is 0 Å². The zero-order valence-corrected chi connectivity index (χ0v) is 20.0. The summed E-state index contributed by atoms with van der Waals surface area (Å²) in [5, 5.41) is 3.33. The highest BCUT2D eigenvalue weighted by Crippen LogP contribution is 2.22. The molecular formula is C18H32IN5O3S. The largest absolute Gasteiger partial charge is 0.497 e. The third-order valence-electron chi connectivity index (χ3n) is 4.29. The van der Waals surface area contributed by atoms with Crippen LogP contribution >= 0.6 is 24.0 Å². The SMILES string of the molecule is CCNC(=NCCCNS(C)(=O)=O)N1CCN(c2cccc(OC)c2)CC1.I. The zero-order valence-electron chi connectivity index (χ0n) is 16.8. The molecule has 28 heavy (non-hydrogen) atoms. The second-order valence-corrected chi connectivity index (χ2v) is 8.26. The Morgan fingerprint density at radius 3 is 2.57 bits per heavy atom. The number of methoxy groups -OCH3 is 1. The summed E-state index contributed by atoms with van der Waals surface area (Å²) in [5.74, 6) is 1.76. The average molecular weight is 525 g/mol. The number of anilines is 1. The fourth-order valence-electron chi connectivity index (χ4n) is 2.93. The second-order valence-electron chi connectivity index (χ2n) is 6.43. The molecule has 2 N–H and O–H groups in total. The van der Waals surface area contributed by atoms with E-state index >= 15 is 0 Å². The highest BCUT2D eigenvalue weighted by molar-refractivity contribution is 14.0. The number of benzene rings is 1. The lowest BCUT2D eigenvalue weighted by Gasteiger charge is -2.37. The van der Waals surface area contributed by atoms with Gasteiger partial charge in [0.15, 0.2) is 5.96 Å². The summed E-state index contributed by atoms with van der Waals surface area (Å²) in [6, 6.07) is 8.13. The first kappa shape index (κ1) is 24.8. The van der Waals surface area contributed by atoms with Crippen LogP contribution in [0.1, 0.15) is 13.3 Å². The number of halogens is 1. The van der Waals surface area contributed by atoms with E-state index in [1.165, 1.54) is 11.9 Å². The van der Waals surface area contributed by atoms with Gasteiger partial charge in [0.1, 0.15) is 5.75 Å². The lowest BCUT2D eigenvalue weighted by molar-refractivity contribution is 0.372. The van der Waals surface area contributed by atoms with E-state index in [1.54, 1.807) is 7.11 Å². The molecule has 2 rings (SSSR count). The van der Waals surface area contributed by atoms with Crippen LogP contribution in [-0.4, -0.2) is 78.5 Å². The van der Waals surface area contributed by atoms with E-state index in [4.69, 9.17) is 4.74 Å². The molecule has 1 saturated heterocycles. The molecule has 0 atom stereocenters. The Balaban J connectivity index is 0.00000392. The summed E-state index contributed by atoms with van der Waals surface area (Å²) in [6.07, 6.45) is 1.84. The van der Waals surface area contributed by atoms with E-state index in [0.717, 1.165) is 44.4 Å². The molecule has 0 radical (unpaired) electrons. The molecule has 1 aliphatic rings. The molecular weight excluding hydrogens is 493 g/mol. The molecule has 0 saturated carbocycles. The first-order valence-electron chi connectivity index (χ1n) is 9.30. The smallest absolute Gasteiger partial charge is 0.208 e. The van der Waals surface area contributed by atoms with E-state index in [2.05, 4.69) is 37.0 Å². The van der Waals surface area contributed by atoms with Crippen molar-refractivity contribution < 1.29 is 13.2 Å². The third-order valence-corrected chi connectivity index (χ3v) is 5.02. The van der Waals surface area contributed by atoms with E-state index in [0.29, 0.717) is 19.5 Å². The molecule has 1 aromatic rings. The van der Waals surface area contributed by atoms with Crippen molar-refractivity contribution in [2.75, 3.05) is 64.1 Å². The summed E-state index contributed by atoms with van der Waals surface area (Å²) in [6.45, 7) is 7.42. The molecule has 0 bridgehead atoms. The van der Waals surface area contributed by atoms with Gasteiger partial charge in [-0.3, -0.25) is 4.99 Å². The Hall–Kier alpha value is -1.27. The first-order valence-corrected chi connectivity index (χ1v) is 11.2. The Kier molecular flexibility index (Phi) is 10.9. The van der Waals surface area contributed by atoms with Crippen LogP contribution in [0.5, 0.6) is 5.75 Å². The van der Waals surface area contributed by atoms with Crippen LogP contribution in [0, 0.1) is 0 Å². The van der Waals surface area contributed by atoms with E-state index in [9.17, 15) is 8.42 Å². The minimum atomic E-state index is -3.13. The highest BCUT2D eigenvalue weighted by atomic mass is 127. The Bertz CT molecular complexity index is 722. The van der Waals surface area contributed by atoms with Gasteiger partial charge in [-0.05, 0) is 25.5 Å². The maximum atomic E-state index is 11.1. The molecule has 1 aliphatic heterocycles. The molecule has 0 aliphatic carbocycles. The Morgan fingerprint density at radius 1 is 1.25 bits per heavy atom. The lowest BCUT2D eigenvalue weighted by Crippen LogP contribution is -2.52. The number of rotatable bonds is 8. The van der Waals surface area contributed by atoms with Crippen molar-refractivity contribution in [3.63, 3.8) is 0 Å². The topological polar surface area (TPSA) is 86.3 Å². The fourth-order valence-corrected chi connectivity index (χ4v) is 3.45. The van der Waals surface area contributed by atoms with Gasteiger partial charge in [-0.1, -0.05) is 6.07 Å². The normalized spacial score (nSPS) is 15.2. The van der Waals surface area contributed by atoms with Crippen molar-refractivity contribution in [3.05, 3.63) is 24.3 Å². The number of hydrogen-bond donors (Lipinski definition) is 2. The number of sulfonamides is 1. The predicted molar refractivity (Wildman–Crippen MR) is 126 cm³/mol. The molecule has 1 heterocycles. The van der Waals surface area contributed by atoms with Gasteiger partial charge in [0.05, 0.1) is 13.4 Å². The second kappa shape index (κ2) is 12.3. The molecule has 160 valence electrons. The van der Waals surface area contributed by atoms with Crippen molar-refractivity contribution in [1.82, 2.24) is 14.9 Å². The van der Waals surface area contributed by atoms with Crippen molar-refractivity contribution in [3.8, 4) is 5.75 Å². The van der Waals surface area contributed by atoms with E-state index < -0.39 is 10.0 Å². The minimum absolute atomic E-state index is 0. The molecule has 0 spiro atoms. The number of hydrogen-bond acceptors (Lipinski definition) is 5. The summed E-state index contributed by atoms with van der Waals surface area (Å²) >= 11 is 0. The molecule has 0 unspecified atom stereocenters. The monoisotopic (exact) mass is 525 g/mol. The van der Waals surface area contributed by atoms with Crippen molar-refractivity contribution >= 4 is 45.6 Å². The molecule has 8 nitrogen and oxygen atoms in total. The first-order chi connectivity index (χ1) is 12.9. The van der Waals surface area contributed by atoms with Gasteiger partial charge >= 0.3 is 0 Å². The maximum absolute atomic E-state index is 11.1. The number of aliphatic imine (C=N–C) groups is 1. The van der Waals surface area contributed by atoms with Gasteiger partial charge in [-0.25, -0.2) is 13.1 Å². The zero-order chi connectivity index (χ0) is 19.7. The minimum Gasteiger partial charge on any atom is -0.497 e. The third kappa shape index (κ3) is 8.39. The summed E-state index contributed by atoms with van der Waals surface area (Å²) in [4.78, 5) is 9.24. The van der Waals surface area contributed by atoms with Crippen LogP contribution in [-0.2, 0) is 10.0 Å². The quantitative estimate of drug-likeness (QED) is 0.231. The predicted octanol–water partition coefficient (Wildman–Crippen LogP) is 1.34. The average Bonchev–Trinajstić information content (AvgIpc) is 2.66. The molecule has 1 aromatic carbocycles. The standard InChI is InChI=1S/C18H31N5O3S.HI/c1-4-19-18(20-9-6-10-21-27(3,24)25)23-13-11-22(12-14-23)16-7-5-8-17(15-16)26-2;/h5,7-8,15,21H,4,6,9-14H2,1-3H3,(H,19,20);1H. The van der Waals surface area contributed by atoms with Gasteiger partial charge in [-0.2, -0.15) is 0 Å². The fraction of sp³-hybridized carbons (Fsp3) is 0.611. The van der Waals surface area contributed by atoms with Gasteiger partial charge in [0.2, 0.25) is 10.0 Å². The maximum Gasteiger partial charge on any atom is 0.208 e. The number of guanidine groups is 1. The van der Waals surface area contributed by atoms with Gasteiger partial charge in [-0.15, -0.1) is 24.0 Å². The molecule has 0 amide bonds. The van der Waals surface area contributed by atoms with Crippen LogP contribution in [0.15, 0.2) is 29.3 Å². The van der Waals surface area contributed by atoms with Gasteiger partial charge < -0.3 is 19.9 Å². The van der Waals surface area contributed by atoms with Crippen LogP contribution in [0.25, 0.3) is 0 Å². The number of piperazine rings is 1. The Morgan fingerprint density at radius 2 is 1.96 bits per heavy atom. The van der Waals surface area contributed by atoms with E-state index in [1.807, 2.05) is 19.1 Å². The van der Waals surface area contributed by atoms with Crippen LogP contribution in [0.4, 0.5) is 5.69 Å². The van der Waals surface area contributed by atoms with Crippen molar-refractivity contribution in [2.45, 2.75) is 13.3 Å². The Labute approximate surface area is 185 Å². The number of nitrogens with zero attached hydrogens (tertiary/aromatic N) is 3. The molecule has 0 aromatic heterocycles. The lowest BCUT2D eigenvalue weighted by atomic mass is 10.2. The highest BCUT2D eigenvalue weighted by Gasteiger charge is 2.20. The van der Waals surface area contributed by atoms with Crippen LogP contribution in [0.2, 0.25) is 0 Å². The van der Waals surface area contributed by atoms with Gasteiger partial charge in [0, 0.05) is 57.6 Å².